The van der Waals surface area contributed by atoms with Crippen molar-refractivity contribution < 1.29 is 0 Å². The molecule has 0 aromatic heterocycles. The van der Waals surface area contributed by atoms with E-state index in [1.807, 2.05) is 11.8 Å². The van der Waals surface area contributed by atoms with E-state index in [1.165, 1.54) is 29.7 Å². The van der Waals surface area contributed by atoms with Crippen LogP contribution in [0, 0.1) is 5.41 Å². The monoisotopic (exact) mass is 254 g/mol. The fourth-order valence-electron chi connectivity index (χ4n) is 2.21. The number of fused-ring (bicyclic) bond motifs is 1. The number of halogens is 1. The van der Waals surface area contributed by atoms with Gasteiger partial charge in [-0.15, -0.1) is 23.4 Å². The van der Waals surface area contributed by atoms with Crippen LogP contribution in [0.4, 0.5) is 0 Å². The van der Waals surface area contributed by atoms with Crippen LogP contribution >= 0.6 is 23.4 Å². The molecule has 1 aromatic carbocycles. The van der Waals surface area contributed by atoms with Gasteiger partial charge < -0.3 is 0 Å². The Bertz CT molecular complexity index is 333. The number of thioether (sulfide) groups is 1. The Morgan fingerprint density at radius 3 is 2.81 bits per heavy atom. The summed E-state index contributed by atoms with van der Waals surface area (Å²) in [5.41, 5.74) is 1.83. The fraction of sp³-hybridized carbons (Fsp3) is 0.571. The molecule has 0 saturated carbocycles. The van der Waals surface area contributed by atoms with Gasteiger partial charge in [-0.1, -0.05) is 32.0 Å². The summed E-state index contributed by atoms with van der Waals surface area (Å²) in [7, 11) is 0. The lowest BCUT2D eigenvalue weighted by atomic mass is 9.84. The van der Waals surface area contributed by atoms with Crippen molar-refractivity contribution in [2.75, 3.05) is 5.88 Å². The van der Waals surface area contributed by atoms with E-state index >= 15 is 0 Å². The maximum Gasteiger partial charge on any atom is 0.0277 e. The summed E-state index contributed by atoms with van der Waals surface area (Å²) in [5.74, 6) is 0.775. The second-order valence-electron chi connectivity index (χ2n) is 5.05. The molecule has 0 amide bonds. The molecule has 88 valence electrons. The van der Waals surface area contributed by atoms with E-state index in [1.54, 1.807) is 0 Å². The van der Waals surface area contributed by atoms with Crippen molar-refractivity contribution in [3.05, 3.63) is 29.8 Å². The van der Waals surface area contributed by atoms with Gasteiger partial charge in [-0.25, -0.2) is 0 Å². The van der Waals surface area contributed by atoms with E-state index < -0.39 is 0 Å². The molecule has 1 aliphatic heterocycles. The maximum absolute atomic E-state index is 6.09. The number of hydrogen-bond acceptors (Lipinski definition) is 1. The molecule has 2 unspecified atom stereocenters. The first kappa shape index (κ1) is 12.3. The zero-order valence-electron chi connectivity index (χ0n) is 10.0. The van der Waals surface area contributed by atoms with E-state index in [4.69, 9.17) is 11.6 Å². The molecule has 1 aliphatic rings. The average molecular weight is 255 g/mol. The minimum absolute atomic E-state index is 0.307. The maximum atomic E-state index is 6.09. The van der Waals surface area contributed by atoms with Crippen LogP contribution in [0.1, 0.15) is 32.3 Å². The highest BCUT2D eigenvalue weighted by molar-refractivity contribution is 8.00. The molecule has 2 heteroatoms. The normalized spacial score (nSPS) is 22.8. The zero-order valence-corrected chi connectivity index (χ0v) is 11.6. The molecule has 16 heavy (non-hydrogen) atoms. The number of rotatable bonds is 4. The quantitative estimate of drug-likeness (QED) is 0.699. The second kappa shape index (κ2) is 5.01. The van der Waals surface area contributed by atoms with Crippen molar-refractivity contribution in [1.29, 1.82) is 0 Å². The minimum atomic E-state index is 0.307. The van der Waals surface area contributed by atoms with Crippen molar-refractivity contribution in [3.63, 3.8) is 0 Å². The zero-order chi connectivity index (χ0) is 11.6. The van der Waals surface area contributed by atoms with Crippen LogP contribution in [-0.2, 0) is 6.42 Å². The van der Waals surface area contributed by atoms with Crippen LogP contribution < -0.4 is 0 Å². The predicted octanol–water partition coefficient (Wildman–Crippen LogP) is 4.75. The van der Waals surface area contributed by atoms with Crippen molar-refractivity contribution >= 4 is 23.4 Å². The van der Waals surface area contributed by atoms with E-state index in [0.717, 1.165) is 11.1 Å². The summed E-state index contributed by atoms with van der Waals surface area (Å²) in [6, 6.07) is 8.77. The SMILES string of the molecule is CCC(C)(CCl)CC1Cc2ccccc2S1. The molecule has 0 N–H and O–H groups in total. The molecule has 0 saturated heterocycles. The van der Waals surface area contributed by atoms with Gasteiger partial charge in [0.2, 0.25) is 0 Å². The van der Waals surface area contributed by atoms with Crippen LogP contribution in [-0.4, -0.2) is 11.1 Å². The molecule has 0 fully saturated rings. The van der Waals surface area contributed by atoms with Gasteiger partial charge in [0.25, 0.3) is 0 Å². The number of alkyl halides is 1. The van der Waals surface area contributed by atoms with E-state index in [-0.39, 0.29) is 0 Å². The molecular formula is C14H19ClS. The Morgan fingerprint density at radius 1 is 1.44 bits per heavy atom. The first-order valence-electron chi connectivity index (χ1n) is 5.97. The summed E-state index contributed by atoms with van der Waals surface area (Å²) in [4.78, 5) is 1.47. The molecule has 2 atom stereocenters. The highest BCUT2D eigenvalue weighted by Crippen LogP contribution is 2.43. The van der Waals surface area contributed by atoms with E-state index in [2.05, 4.69) is 38.1 Å². The number of benzene rings is 1. The smallest absolute Gasteiger partial charge is 0.0277 e. The first-order valence-corrected chi connectivity index (χ1v) is 7.39. The summed E-state index contributed by atoms with van der Waals surface area (Å²) in [6.07, 6.45) is 3.61. The third kappa shape index (κ3) is 2.57. The van der Waals surface area contributed by atoms with Crippen molar-refractivity contribution in [1.82, 2.24) is 0 Å². The Labute approximate surface area is 108 Å². The lowest BCUT2D eigenvalue weighted by Crippen LogP contribution is -2.22. The minimum Gasteiger partial charge on any atom is -0.126 e. The molecule has 2 rings (SSSR count). The Morgan fingerprint density at radius 2 is 2.19 bits per heavy atom. The van der Waals surface area contributed by atoms with Gasteiger partial charge in [-0.3, -0.25) is 0 Å². The van der Waals surface area contributed by atoms with Crippen LogP contribution in [0.3, 0.4) is 0 Å². The molecule has 0 bridgehead atoms. The first-order chi connectivity index (χ1) is 7.67. The topological polar surface area (TPSA) is 0 Å². The lowest BCUT2D eigenvalue weighted by molar-refractivity contribution is 0.325. The van der Waals surface area contributed by atoms with Gasteiger partial charge in [0.1, 0.15) is 0 Å². The Hall–Kier alpha value is -0.140. The largest absolute Gasteiger partial charge is 0.126 e. The third-order valence-corrected chi connectivity index (χ3v) is 5.57. The van der Waals surface area contributed by atoms with Gasteiger partial charge in [-0.2, -0.15) is 0 Å². The van der Waals surface area contributed by atoms with Crippen molar-refractivity contribution in [2.45, 2.75) is 43.3 Å². The van der Waals surface area contributed by atoms with Gasteiger partial charge in [0.05, 0.1) is 0 Å². The summed E-state index contributed by atoms with van der Waals surface area (Å²) >= 11 is 8.12. The average Bonchev–Trinajstić information content (AvgIpc) is 2.70. The van der Waals surface area contributed by atoms with Crippen LogP contribution in [0.25, 0.3) is 0 Å². The molecule has 1 heterocycles. The summed E-state index contributed by atoms with van der Waals surface area (Å²) in [6.45, 7) is 4.55. The van der Waals surface area contributed by atoms with Gasteiger partial charge in [0.15, 0.2) is 0 Å². The third-order valence-electron chi connectivity index (χ3n) is 3.61. The van der Waals surface area contributed by atoms with E-state index in [0.29, 0.717) is 5.41 Å². The van der Waals surface area contributed by atoms with Gasteiger partial charge in [0, 0.05) is 16.0 Å². The highest BCUT2D eigenvalue weighted by atomic mass is 35.5. The summed E-state index contributed by atoms with van der Waals surface area (Å²) < 4.78 is 0. The number of hydrogen-bond donors (Lipinski definition) is 0. The second-order valence-corrected chi connectivity index (χ2v) is 6.66. The van der Waals surface area contributed by atoms with Gasteiger partial charge >= 0.3 is 0 Å². The fourth-order valence-corrected chi connectivity index (χ4v) is 4.08. The lowest BCUT2D eigenvalue weighted by Gasteiger charge is -2.28. The summed E-state index contributed by atoms with van der Waals surface area (Å²) in [5, 5.41) is 0.723. The highest BCUT2D eigenvalue weighted by Gasteiger charge is 2.30. The predicted molar refractivity (Wildman–Crippen MR) is 73.5 cm³/mol. The molecule has 0 spiro atoms. The molecular weight excluding hydrogens is 236 g/mol. The molecule has 1 aromatic rings. The van der Waals surface area contributed by atoms with Crippen LogP contribution in [0.2, 0.25) is 0 Å². The molecule has 0 aliphatic carbocycles. The van der Waals surface area contributed by atoms with Gasteiger partial charge in [-0.05, 0) is 36.3 Å². The van der Waals surface area contributed by atoms with Crippen molar-refractivity contribution in [2.24, 2.45) is 5.41 Å². The Balaban J connectivity index is 2.02. The van der Waals surface area contributed by atoms with Crippen molar-refractivity contribution in [3.8, 4) is 0 Å². The van der Waals surface area contributed by atoms with E-state index in [9.17, 15) is 0 Å². The standard InChI is InChI=1S/C14H19ClS/c1-3-14(2,10-15)9-12-8-11-6-4-5-7-13(11)16-12/h4-7,12H,3,8-10H2,1-2H3. The molecule has 0 radical (unpaired) electrons. The van der Waals surface area contributed by atoms with Crippen LogP contribution in [0.15, 0.2) is 29.2 Å². The molecule has 0 nitrogen and oxygen atoms in total. The Kier molecular flexibility index (Phi) is 3.86. The van der Waals surface area contributed by atoms with Crippen LogP contribution in [0.5, 0.6) is 0 Å².